The van der Waals surface area contributed by atoms with E-state index in [1.807, 2.05) is 13.8 Å². The molecule has 6 nitrogen and oxygen atoms in total. The Morgan fingerprint density at radius 3 is 2.33 bits per heavy atom. The molecule has 1 aliphatic heterocycles. The Balaban J connectivity index is 1.82. The first kappa shape index (κ1) is 19.9. The van der Waals surface area contributed by atoms with Gasteiger partial charge in [0.05, 0.1) is 4.90 Å². The highest BCUT2D eigenvalue weighted by Gasteiger charge is 2.44. The number of benzene rings is 1. The number of rotatable bonds is 4. The highest BCUT2D eigenvalue weighted by Crippen LogP contribution is 2.29. The minimum Gasteiger partial charge on any atom is -0.352 e. The van der Waals surface area contributed by atoms with Crippen LogP contribution < -0.4 is 5.32 Å². The van der Waals surface area contributed by atoms with Crippen molar-refractivity contribution in [1.82, 2.24) is 9.62 Å². The molecule has 27 heavy (non-hydrogen) atoms. The first-order valence-corrected chi connectivity index (χ1v) is 11.2. The predicted octanol–water partition coefficient (Wildman–Crippen LogP) is 2.82. The zero-order valence-electron chi connectivity index (χ0n) is 16.0. The summed E-state index contributed by atoms with van der Waals surface area (Å²) < 4.78 is 27.0. The molecule has 0 bridgehead atoms. The highest BCUT2D eigenvalue weighted by molar-refractivity contribution is 7.89. The third-order valence-electron chi connectivity index (χ3n) is 5.70. The lowest BCUT2D eigenvalue weighted by Crippen LogP contribution is -2.49. The van der Waals surface area contributed by atoms with Crippen molar-refractivity contribution in [3.63, 3.8) is 0 Å². The van der Waals surface area contributed by atoms with Crippen LogP contribution in [0.5, 0.6) is 0 Å². The molecule has 1 aromatic rings. The molecule has 2 aliphatic rings. The van der Waals surface area contributed by atoms with Crippen molar-refractivity contribution in [2.75, 3.05) is 0 Å². The Morgan fingerprint density at radius 1 is 1.04 bits per heavy atom. The molecule has 1 aromatic carbocycles. The van der Waals surface area contributed by atoms with Gasteiger partial charge in [-0.3, -0.25) is 9.59 Å². The number of carbonyl (C=O) groups excluding carboxylic acids is 2. The van der Waals surface area contributed by atoms with Gasteiger partial charge in [-0.05, 0) is 56.4 Å². The molecule has 2 fully saturated rings. The molecular formula is C20H28N2O4S. The zero-order valence-corrected chi connectivity index (χ0v) is 16.8. The molecule has 1 saturated heterocycles. The van der Waals surface area contributed by atoms with Gasteiger partial charge in [-0.1, -0.05) is 31.7 Å². The SMILES string of the molecule is Cc1ccc(S(=O)(=O)N2C(=O)CC[C@H]2C(=O)NC2CCCCCC2)cc1C. The first-order valence-electron chi connectivity index (χ1n) is 9.75. The molecule has 7 heteroatoms. The van der Waals surface area contributed by atoms with Gasteiger partial charge in [0.15, 0.2) is 0 Å². The standard InChI is InChI=1S/C20H28N2O4S/c1-14-9-10-17(13-15(14)2)27(25,26)22-18(11-12-19(22)23)20(24)21-16-7-5-3-4-6-8-16/h9-10,13,16,18H,3-8,11-12H2,1-2H3,(H,21,24)/t18-/m0/s1. The summed E-state index contributed by atoms with van der Waals surface area (Å²) in [5, 5.41) is 3.00. The molecule has 0 aromatic heterocycles. The average molecular weight is 393 g/mol. The van der Waals surface area contributed by atoms with Gasteiger partial charge < -0.3 is 5.32 Å². The smallest absolute Gasteiger partial charge is 0.267 e. The summed E-state index contributed by atoms with van der Waals surface area (Å²) in [5.74, 6) is -0.852. The monoisotopic (exact) mass is 392 g/mol. The number of amides is 2. The fourth-order valence-corrected chi connectivity index (χ4v) is 5.60. The first-order chi connectivity index (χ1) is 12.8. The van der Waals surface area contributed by atoms with Crippen LogP contribution in [0.15, 0.2) is 23.1 Å². The van der Waals surface area contributed by atoms with Gasteiger partial charge in [0, 0.05) is 12.5 Å². The van der Waals surface area contributed by atoms with Gasteiger partial charge in [-0.15, -0.1) is 0 Å². The lowest BCUT2D eigenvalue weighted by Gasteiger charge is -2.26. The second-order valence-electron chi connectivity index (χ2n) is 7.69. The van der Waals surface area contributed by atoms with Crippen LogP contribution in [0.2, 0.25) is 0 Å². The molecule has 2 amide bonds. The summed E-state index contributed by atoms with van der Waals surface area (Å²) in [5.41, 5.74) is 1.81. The number of hydrogen-bond acceptors (Lipinski definition) is 4. The van der Waals surface area contributed by atoms with E-state index in [1.165, 1.54) is 18.9 Å². The van der Waals surface area contributed by atoms with Gasteiger partial charge >= 0.3 is 0 Å². The van der Waals surface area contributed by atoms with Crippen LogP contribution in [-0.4, -0.2) is 36.6 Å². The topological polar surface area (TPSA) is 83.6 Å². The fourth-order valence-electron chi connectivity index (χ4n) is 3.91. The van der Waals surface area contributed by atoms with Crippen molar-refractivity contribution in [1.29, 1.82) is 0 Å². The van der Waals surface area contributed by atoms with Crippen molar-refractivity contribution < 1.29 is 18.0 Å². The quantitative estimate of drug-likeness (QED) is 0.799. The van der Waals surface area contributed by atoms with E-state index in [9.17, 15) is 18.0 Å². The van der Waals surface area contributed by atoms with Gasteiger partial charge in [0.25, 0.3) is 10.0 Å². The van der Waals surface area contributed by atoms with Crippen molar-refractivity contribution in [2.24, 2.45) is 0 Å². The van der Waals surface area contributed by atoms with Gasteiger partial charge in [0.1, 0.15) is 6.04 Å². The molecule has 1 N–H and O–H groups in total. The zero-order chi connectivity index (χ0) is 19.6. The summed E-state index contributed by atoms with van der Waals surface area (Å²) in [4.78, 5) is 25.2. The van der Waals surface area contributed by atoms with E-state index in [-0.39, 0.29) is 29.7 Å². The third kappa shape index (κ3) is 4.18. The van der Waals surface area contributed by atoms with Gasteiger partial charge in [-0.2, -0.15) is 0 Å². The Bertz CT molecular complexity index is 826. The van der Waals surface area contributed by atoms with Gasteiger partial charge in [-0.25, -0.2) is 12.7 Å². The number of sulfonamides is 1. The highest BCUT2D eigenvalue weighted by atomic mass is 32.2. The minimum absolute atomic E-state index is 0.0631. The molecule has 1 atom stereocenters. The molecule has 0 radical (unpaired) electrons. The number of nitrogens with one attached hydrogen (secondary N) is 1. The van der Waals surface area contributed by atoms with Crippen LogP contribution in [0.1, 0.15) is 62.5 Å². The van der Waals surface area contributed by atoms with Crippen LogP contribution in [0.3, 0.4) is 0 Å². The molecule has 148 valence electrons. The molecular weight excluding hydrogens is 364 g/mol. The van der Waals surface area contributed by atoms with Crippen LogP contribution in [0, 0.1) is 13.8 Å². The Labute approximate surface area is 161 Å². The molecule has 0 unspecified atom stereocenters. The number of hydrogen-bond donors (Lipinski definition) is 1. The van der Waals surface area contributed by atoms with E-state index in [0.29, 0.717) is 0 Å². The molecule has 1 saturated carbocycles. The summed E-state index contributed by atoms with van der Waals surface area (Å²) in [6, 6.07) is 3.91. The third-order valence-corrected chi connectivity index (χ3v) is 7.53. The molecule has 1 heterocycles. The van der Waals surface area contributed by atoms with E-state index in [2.05, 4.69) is 5.32 Å². The van der Waals surface area contributed by atoms with E-state index < -0.39 is 22.0 Å². The lowest BCUT2D eigenvalue weighted by atomic mass is 10.1. The Hall–Kier alpha value is -1.89. The summed E-state index contributed by atoms with van der Waals surface area (Å²) in [7, 11) is -4.05. The van der Waals surface area contributed by atoms with Crippen LogP contribution in [0.25, 0.3) is 0 Å². The maximum absolute atomic E-state index is 13.1. The van der Waals surface area contributed by atoms with Gasteiger partial charge in [0.2, 0.25) is 11.8 Å². The number of nitrogens with zero attached hydrogens (tertiary/aromatic N) is 1. The van der Waals surface area contributed by atoms with E-state index in [1.54, 1.807) is 12.1 Å². The molecule has 3 rings (SSSR count). The van der Waals surface area contributed by atoms with E-state index >= 15 is 0 Å². The average Bonchev–Trinajstić information content (AvgIpc) is 2.84. The minimum atomic E-state index is -4.05. The molecule has 1 aliphatic carbocycles. The molecule has 0 spiro atoms. The van der Waals surface area contributed by atoms with E-state index in [0.717, 1.165) is 41.1 Å². The largest absolute Gasteiger partial charge is 0.352 e. The predicted molar refractivity (Wildman–Crippen MR) is 103 cm³/mol. The summed E-state index contributed by atoms with van der Waals surface area (Å²) in [6.07, 6.45) is 6.61. The van der Waals surface area contributed by atoms with Crippen molar-refractivity contribution >= 4 is 21.8 Å². The van der Waals surface area contributed by atoms with Crippen LogP contribution >= 0.6 is 0 Å². The van der Waals surface area contributed by atoms with Crippen LogP contribution in [0.4, 0.5) is 0 Å². The summed E-state index contributed by atoms with van der Waals surface area (Å²) >= 11 is 0. The van der Waals surface area contributed by atoms with Crippen molar-refractivity contribution in [3.05, 3.63) is 29.3 Å². The fraction of sp³-hybridized carbons (Fsp3) is 0.600. The Kier molecular flexibility index (Phi) is 5.89. The Morgan fingerprint density at radius 2 is 1.70 bits per heavy atom. The second-order valence-corrected chi connectivity index (χ2v) is 9.51. The maximum atomic E-state index is 13.1. The number of aryl methyl sites for hydroxylation is 2. The normalized spacial score (nSPS) is 21.9. The maximum Gasteiger partial charge on any atom is 0.267 e. The number of carbonyl (C=O) groups is 2. The van der Waals surface area contributed by atoms with Crippen molar-refractivity contribution in [2.45, 2.75) is 82.2 Å². The van der Waals surface area contributed by atoms with Crippen LogP contribution in [-0.2, 0) is 19.6 Å². The lowest BCUT2D eigenvalue weighted by molar-refractivity contribution is -0.131. The second kappa shape index (κ2) is 8.00. The van der Waals surface area contributed by atoms with E-state index in [4.69, 9.17) is 0 Å². The summed E-state index contributed by atoms with van der Waals surface area (Å²) in [6.45, 7) is 3.73. The van der Waals surface area contributed by atoms with Crippen molar-refractivity contribution in [3.8, 4) is 0 Å².